The highest BCUT2D eigenvalue weighted by Crippen LogP contribution is 2.33. The van der Waals surface area contributed by atoms with E-state index in [4.69, 9.17) is 32.7 Å². The van der Waals surface area contributed by atoms with Crippen molar-refractivity contribution in [1.29, 1.82) is 0 Å². The second-order valence-electron chi connectivity index (χ2n) is 7.94. The van der Waals surface area contributed by atoms with Crippen molar-refractivity contribution in [3.05, 3.63) is 52.0 Å². The molecule has 2 amide bonds. The first-order valence-corrected chi connectivity index (χ1v) is 11.3. The van der Waals surface area contributed by atoms with E-state index in [1.807, 2.05) is 0 Å². The number of nitrogens with zero attached hydrogens (tertiary/aromatic N) is 1. The van der Waals surface area contributed by atoms with Gasteiger partial charge in [0, 0.05) is 37.3 Å². The number of hydrogen-bond donors (Lipinski definition) is 3. The number of piperidine rings is 1. The Kier molecular flexibility index (Phi) is 7.60. The highest BCUT2D eigenvalue weighted by molar-refractivity contribution is 6.31. The van der Waals surface area contributed by atoms with Gasteiger partial charge in [0.05, 0.1) is 15.7 Å². The number of anilines is 1. The summed E-state index contributed by atoms with van der Waals surface area (Å²) >= 11 is 11.5. The largest absolute Gasteiger partial charge is 0.489 e. The minimum absolute atomic E-state index is 0.0475. The lowest BCUT2D eigenvalue weighted by Gasteiger charge is -2.34. The average molecular weight is 515 g/mol. The molecule has 1 fully saturated rings. The fourth-order valence-corrected chi connectivity index (χ4v) is 3.99. The summed E-state index contributed by atoms with van der Waals surface area (Å²) in [5.74, 6) is -1.10. The van der Waals surface area contributed by atoms with E-state index in [2.05, 4.69) is 16.1 Å². The highest BCUT2D eigenvalue weighted by atomic mass is 35.5. The van der Waals surface area contributed by atoms with Gasteiger partial charge in [0.15, 0.2) is 6.61 Å². The SMILES string of the molecule is O=C(COc1ccc(F)c(Cl)c1)NN1CCC(NC(=O)C2COc3cc(Cl)c(F)cc3N2)CC1. The van der Waals surface area contributed by atoms with Gasteiger partial charge in [-0.3, -0.25) is 15.0 Å². The lowest BCUT2D eigenvalue weighted by molar-refractivity contribution is -0.129. The van der Waals surface area contributed by atoms with Crippen LogP contribution in [0.25, 0.3) is 0 Å². The average Bonchev–Trinajstić information content (AvgIpc) is 2.81. The second kappa shape index (κ2) is 10.6. The lowest BCUT2D eigenvalue weighted by atomic mass is 10.1. The molecule has 2 heterocycles. The van der Waals surface area contributed by atoms with Crippen molar-refractivity contribution in [3.8, 4) is 11.5 Å². The van der Waals surface area contributed by atoms with Crippen LogP contribution in [-0.4, -0.2) is 55.2 Å². The van der Waals surface area contributed by atoms with Crippen molar-refractivity contribution < 1.29 is 27.8 Å². The van der Waals surface area contributed by atoms with E-state index in [9.17, 15) is 18.4 Å². The van der Waals surface area contributed by atoms with Crippen molar-refractivity contribution in [3.63, 3.8) is 0 Å². The normalized spacial score (nSPS) is 18.3. The summed E-state index contributed by atoms with van der Waals surface area (Å²) in [6, 6.07) is 5.68. The molecule has 2 aromatic rings. The molecule has 0 spiro atoms. The number of amides is 2. The summed E-state index contributed by atoms with van der Waals surface area (Å²) in [7, 11) is 0. The first-order chi connectivity index (χ1) is 16.3. The standard InChI is InChI=1S/C22H22Cl2F2N4O4/c23-14-7-13(1-2-16(14)25)33-11-21(31)29-30-5-3-12(4-6-30)27-22(32)19-10-34-20-8-15(24)17(26)9-18(20)28-19/h1-2,7-9,12,19,28H,3-6,10-11H2,(H,27,32)(H,29,31). The number of hydrogen-bond acceptors (Lipinski definition) is 6. The molecule has 2 aliphatic heterocycles. The summed E-state index contributed by atoms with van der Waals surface area (Å²) < 4.78 is 37.8. The Balaban J connectivity index is 1.18. The van der Waals surface area contributed by atoms with Gasteiger partial charge in [-0.1, -0.05) is 23.2 Å². The third-order valence-corrected chi connectivity index (χ3v) is 6.04. The van der Waals surface area contributed by atoms with Crippen LogP contribution in [0.4, 0.5) is 14.5 Å². The van der Waals surface area contributed by atoms with Gasteiger partial charge in [0.1, 0.15) is 35.8 Å². The van der Waals surface area contributed by atoms with Crippen LogP contribution in [0.1, 0.15) is 12.8 Å². The monoisotopic (exact) mass is 514 g/mol. The van der Waals surface area contributed by atoms with Crippen LogP contribution in [0.3, 0.4) is 0 Å². The zero-order valence-electron chi connectivity index (χ0n) is 17.9. The van der Waals surface area contributed by atoms with Gasteiger partial charge in [-0.15, -0.1) is 0 Å². The van der Waals surface area contributed by atoms with Crippen molar-refractivity contribution in [2.24, 2.45) is 0 Å². The number of ether oxygens (including phenoxy) is 2. The number of fused-ring (bicyclic) bond motifs is 1. The number of hydrazine groups is 1. The molecular weight excluding hydrogens is 493 g/mol. The number of benzene rings is 2. The molecule has 12 heteroatoms. The number of halogens is 4. The molecule has 0 radical (unpaired) electrons. The zero-order valence-corrected chi connectivity index (χ0v) is 19.4. The summed E-state index contributed by atoms with van der Waals surface area (Å²) in [6.45, 7) is 0.897. The summed E-state index contributed by atoms with van der Waals surface area (Å²) in [5, 5.41) is 7.56. The van der Waals surface area contributed by atoms with Gasteiger partial charge in [-0.25, -0.2) is 13.8 Å². The Hall–Kier alpha value is -2.82. The van der Waals surface area contributed by atoms with E-state index < -0.39 is 17.7 Å². The van der Waals surface area contributed by atoms with Crippen LogP contribution >= 0.6 is 23.2 Å². The van der Waals surface area contributed by atoms with E-state index in [0.29, 0.717) is 37.4 Å². The molecule has 0 bridgehead atoms. The summed E-state index contributed by atoms with van der Waals surface area (Å²) in [5.41, 5.74) is 3.12. The fourth-order valence-electron chi connectivity index (χ4n) is 3.67. The molecule has 2 aliphatic rings. The number of rotatable bonds is 6. The van der Waals surface area contributed by atoms with Gasteiger partial charge in [0.25, 0.3) is 5.91 Å². The molecule has 1 unspecified atom stereocenters. The highest BCUT2D eigenvalue weighted by Gasteiger charge is 2.29. The predicted molar refractivity (Wildman–Crippen MR) is 122 cm³/mol. The van der Waals surface area contributed by atoms with Crippen LogP contribution in [0, 0.1) is 11.6 Å². The molecule has 0 aromatic heterocycles. The van der Waals surface area contributed by atoms with Crippen LogP contribution < -0.4 is 25.5 Å². The van der Waals surface area contributed by atoms with Crippen molar-refractivity contribution in [1.82, 2.24) is 15.8 Å². The lowest BCUT2D eigenvalue weighted by Crippen LogP contribution is -2.54. The maximum Gasteiger partial charge on any atom is 0.272 e. The minimum atomic E-state index is -0.664. The smallest absolute Gasteiger partial charge is 0.272 e. The Morgan fingerprint density at radius 1 is 1.12 bits per heavy atom. The maximum absolute atomic E-state index is 13.7. The van der Waals surface area contributed by atoms with E-state index in [1.165, 1.54) is 24.3 Å². The van der Waals surface area contributed by atoms with Crippen molar-refractivity contribution in [2.45, 2.75) is 24.9 Å². The topological polar surface area (TPSA) is 91.9 Å². The Morgan fingerprint density at radius 2 is 1.85 bits per heavy atom. The van der Waals surface area contributed by atoms with Gasteiger partial charge < -0.3 is 20.1 Å². The summed E-state index contributed by atoms with van der Waals surface area (Å²) in [4.78, 5) is 24.8. The van der Waals surface area contributed by atoms with Crippen molar-refractivity contribution in [2.75, 3.05) is 31.6 Å². The van der Waals surface area contributed by atoms with Gasteiger partial charge in [-0.2, -0.15) is 0 Å². The first kappa shape index (κ1) is 24.3. The molecule has 34 heavy (non-hydrogen) atoms. The molecule has 2 aromatic carbocycles. The summed E-state index contributed by atoms with van der Waals surface area (Å²) in [6.07, 6.45) is 1.24. The third-order valence-electron chi connectivity index (χ3n) is 5.46. The van der Waals surface area contributed by atoms with E-state index in [0.717, 1.165) is 6.07 Å². The Bertz CT molecular complexity index is 1080. The second-order valence-corrected chi connectivity index (χ2v) is 8.75. The van der Waals surface area contributed by atoms with E-state index in [1.54, 1.807) is 5.01 Å². The molecule has 182 valence electrons. The fraction of sp³-hybridized carbons (Fsp3) is 0.364. The number of carbonyl (C=O) groups is 2. The molecule has 8 nitrogen and oxygen atoms in total. The van der Waals surface area contributed by atoms with Crippen LogP contribution in [-0.2, 0) is 9.59 Å². The third kappa shape index (κ3) is 5.99. The molecule has 0 aliphatic carbocycles. The molecule has 0 saturated carbocycles. The number of carbonyl (C=O) groups excluding carboxylic acids is 2. The molecular formula is C22H22Cl2F2N4O4. The molecule has 1 saturated heterocycles. The Labute approximate surface area is 204 Å². The number of nitrogens with one attached hydrogen (secondary N) is 3. The Morgan fingerprint density at radius 3 is 2.59 bits per heavy atom. The van der Waals surface area contributed by atoms with Gasteiger partial charge in [0.2, 0.25) is 5.91 Å². The van der Waals surface area contributed by atoms with E-state index >= 15 is 0 Å². The van der Waals surface area contributed by atoms with E-state index in [-0.39, 0.29) is 46.9 Å². The quantitative estimate of drug-likeness (QED) is 0.548. The molecule has 4 rings (SSSR count). The van der Waals surface area contributed by atoms with Crippen LogP contribution in [0.15, 0.2) is 30.3 Å². The van der Waals surface area contributed by atoms with Crippen LogP contribution in [0.5, 0.6) is 11.5 Å². The molecule has 1 atom stereocenters. The molecule has 3 N–H and O–H groups in total. The minimum Gasteiger partial charge on any atom is -0.489 e. The van der Waals surface area contributed by atoms with Gasteiger partial charge in [-0.05, 0) is 25.0 Å². The van der Waals surface area contributed by atoms with Gasteiger partial charge >= 0.3 is 0 Å². The maximum atomic E-state index is 13.7. The predicted octanol–water partition coefficient (Wildman–Crippen LogP) is 3.14. The first-order valence-electron chi connectivity index (χ1n) is 10.6. The van der Waals surface area contributed by atoms with Crippen molar-refractivity contribution >= 4 is 40.7 Å². The van der Waals surface area contributed by atoms with Crippen LogP contribution in [0.2, 0.25) is 10.0 Å². The zero-order chi connectivity index (χ0) is 24.2.